The second-order valence-electron chi connectivity index (χ2n) is 2.67. The molecule has 0 amide bonds. The molecule has 0 heterocycles. The molecule has 0 atom stereocenters. The van der Waals surface area contributed by atoms with Crippen molar-refractivity contribution in [3.05, 3.63) is 29.8 Å². The Labute approximate surface area is 95.3 Å². The molecule has 0 saturated carbocycles. The Morgan fingerprint density at radius 2 is 2.06 bits per heavy atom. The van der Waals surface area contributed by atoms with Crippen molar-refractivity contribution in [1.82, 2.24) is 0 Å². The normalized spacial score (nSPS) is 9.44. The number of methoxy groups -OCH3 is 1. The van der Waals surface area contributed by atoms with Crippen molar-refractivity contribution in [2.75, 3.05) is 12.8 Å². The van der Waals surface area contributed by atoms with Gasteiger partial charge in [0.05, 0.1) is 12.8 Å². The standard InChI is InChI=1S/C10H11NO3.C2H6/c1-14-9-6-7(2-4-8(9)11)3-5-10(12)13;1-2/h2-6H,11H2,1H3,(H,12,13);1-2H3/b5-3+;. The van der Waals surface area contributed by atoms with E-state index in [0.717, 1.165) is 11.6 Å². The fraction of sp³-hybridized carbons (Fsp3) is 0.250. The third-order valence-corrected chi connectivity index (χ3v) is 1.68. The van der Waals surface area contributed by atoms with Crippen molar-refractivity contribution in [3.8, 4) is 5.75 Å². The average molecular weight is 223 g/mol. The van der Waals surface area contributed by atoms with Crippen LogP contribution in [0.5, 0.6) is 5.75 Å². The predicted octanol–water partition coefficient (Wildman–Crippen LogP) is 2.40. The van der Waals surface area contributed by atoms with Gasteiger partial charge in [-0.25, -0.2) is 4.79 Å². The highest BCUT2D eigenvalue weighted by molar-refractivity contribution is 5.85. The van der Waals surface area contributed by atoms with Crippen molar-refractivity contribution < 1.29 is 14.6 Å². The molecular weight excluding hydrogens is 206 g/mol. The number of carboxylic acids is 1. The van der Waals surface area contributed by atoms with E-state index < -0.39 is 5.97 Å². The molecule has 0 aliphatic heterocycles. The van der Waals surface area contributed by atoms with Gasteiger partial charge in [0.1, 0.15) is 5.75 Å². The summed E-state index contributed by atoms with van der Waals surface area (Å²) in [7, 11) is 1.51. The summed E-state index contributed by atoms with van der Waals surface area (Å²) in [4.78, 5) is 10.3. The summed E-state index contributed by atoms with van der Waals surface area (Å²) in [6.45, 7) is 4.00. The number of carboxylic acid groups (broad SMARTS) is 1. The minimum Gasteiger partial charge on any atom is -0.495 e. The van der Waals surface area contributed by atoms with Gasteiger partial charge in [0.25, 0.3) is 0 Å². The van der Waals surface area contributed by atoms with E-state index in [1.807, 2.05) is 13.8 Å². The molecule has 1 rings (SSSR count). The molecule has 3 N–H and O–H groups in total. The summed E-state index contributed by atoms with van der Waals surface area (Å²) < 4.78 is 4.99. The molecule has 0 radical (unpaired) electrons. The lowest BCUT2D eigenvalue weighted by atomic mass is 10.2. The van der Waals surface area contributed by atoms with E-state index in [1.165, 1.54) is 13.2 Å². The Hall–Kier alpha value is -1.97. The molecule has 1 aromatic rings. The van der Waals surface area contributed by atoms with Crippen LogP contribution in [0.2, 0.25) is 0 Å². The Morgan fingerprint density at radius 3 is 2.56 bits per heavy atom. The van der Waals surface area contributed by atoms with Gasteiger partial charge in [-0.3, -0.25) is 0 Å². The first-order chi connectivity index (χ1) is 7.63. The molecule has 1 aromatic carbocycles. The lowest BCUT2D eigenvalue weighted by Gasteiger charge is -2.04. The Bertz CT molecular complexity index is 373. The minimum atomic E-state index is -0.985. The highest BCUT2D eigenvalue weighted by atomic mass is 16.5. The number of hydrogen-bond donors (Lipinski definition) is 2. The van der Waals surface area contributed by atoms with Crippen LogP contribution in [0.15, 0.2) is 24.3 Å². The molecule has 0 fully saturated rings. The molecule has 0 aromatic heterocycles. The van der Waals surface area contributed by atoms with Gasteiger partial charge in [-0.1, -0.05) is 19.9 Å². The number of ether oxygens (including phenoxy) is 1. The van der Waals surface area contributed by atoms with Crippen LogP contribution in [-0.4, -0.2) is 18.2 Å². The third kappa shape index (κ3) is 4.50. The number of anilines is 1. The van der Waals surface area contributed by atoms with Crippen molar-refractivity contribution in [2.45, 2.75) is 13.8 Å². The fourth-order valence-electron chi connectivity index (χ4n) is 0.999. The van der Waals surface area contributed by atoms with E-state index in [1.54, 1.807) is 18.2 Å². The molecule has 16 heavy (non-hydrogen) atoms. The van der Waals surface area contributed by atoms with Crippen LogP contribution in [-0.2, 0) is 4.79 Å². The minimum absolute atomic E-state index is 0.528. The summed E-state index contributed by atoms with van der Waals surface area (Å²) in [6.07, 6.45) is 2.54. The number of benzene rings is 1. The van der Waals surface area contributed by atoms with E-state index in [9.17, 15) is 4.79 Å². The van der Waals surface area contributed by atoms with Crippen LogP contribution in [0, 0.1) is 0 Å². The van der Waals surface area contributed by atoms with Crippen molar-refractivity contribution in [2.24, 2.45) is 0 Å². The number of nitrogens with two attached hydrogens (primary N) is 1. The van der Waals surface area contributed by atoms with E-state index in [-0.39, 0.29) is 0 Å². The topological polar surface area (TPSA) is 72.5 Å². The van der Waals surface area contributed by atoms with Crippen LogP contribution in [0.3, 0.4) is 0 Å². The summed E-state index contributed by atoms with van der Waals surface area (Å²) in [6, 6.07) is 5.06. The van der Waals surface area contributed by atoms with E-state index >= 15 is 0 Å². The van der Waals surface area contributed by atoms with E-state index in [2.05, 4.69) is 0 Å². The number of carbonyl (C=O) groups is 1. The van der Waals surface area contributed by atoms with Gasteiger partial charge < -0.3 is 15.6 Å². The quantitative estimate of drug-likeness (QED) is 0.609. The van der Waals surface area contributed by atoms with E-state index in [0.29, 0.717) is 11.4 Å². The van der Waals surface area contributed by atoms with Gasteiger partial charge in [-0.05, 0) is 23.8 Å². The zero-order chi connectivity index (χ0) is 12.6. The maximum absolute atomic E-state index is 10.3. The molecule has 0 saturated heterocycles. The zero-order valence-corrected chi connectivity index (χ0v) is 9.73. The van der Waals surface area contributed by atoms with Gasteiger partial charge in [0, 0.05) is 6.08 Å². The Balaban J connectivity index is 0.00000106. The van der Waals surface area contributed by atoms with Crippen molar-refractivity contribution in [3.63, 3.8) is 0 Å². The highest BCUT2D eigenvalue weighted by Gasteiger charge is 1.98. The number of aliphatic carboxylic acids is 1. The number of rotatable bonds is 3. The molecule has 88 valence electrons. The molecule has 0 bridgehead atoms. The first-order valence-corrected chi connectivity index (χ1v) is 4.98. The molecule has 4 nitrogen and oxygen atoms in total. The summed E-state index contributed by atoms with van der Waals surface area (Å²) in [5, 5.41) is 8.41. The monoisotopic (exact) mass is 223 g/mol. The molecular formula is C12H17NO3. The summed E-state index contributed by atoms with van der Waals surface area (Å²) in [5.41, 5.74) is 6.85. The smallest absolute Gasteiger partial charge is 0.328 e. The summed E-state index contributed by atoms with van der Waals surface area (Å²) in [5.74, 6) is -0.446. The van der Waals surface area contributed by atoms with Gasteiger partial charge >= 0.3 is 5.97 Å². The van der Waals surface area contributed by atoms with Gasteiger partial charge in [0.15, 0.2) is 0 Å². The van der Waals surface area contributed by atoms with Crippen LogP contribution in [0.1, 0.15) is 19.4 Å². The van der Waals surface area contributed by atoms with Crippen molar-refractivity contribution in [1.29, 1.82) is 0 Å². The SMILES string of the molecule is CC.COc1cc(/C=C/C(=O)O)ccc1N. The van der Waals surface area contributed by atoms with Crippen LogP contribution in [0.4, 0.5) is 5.69 Å². The first kappa shape index (κ1) is 14.0. The second kappa shape index (κ2) is 7.34. The number of nitrogen functional groups attached to an aromatic ring is 1. The molecule has 4 heteroatoms. The van der Waals surface area contributed by atoms with Crippen molar-refractivity contribution >= 4 is 17.7 Å². The Morgan fingerprint density at radius 1 is 1.44 bits per heavy atom. The fourth-order valence-corrected chi connectivity index (χ4v) is 0.999. The van der Waals surface area contributed by atoms with Crippen LogP contribution < -0.4 is 10.5 Å². The van der Waals surface area contributed by atoms with Gasteiger partial charge in [0.2, 0.25) is 0 Å². The molecule has 0 aliphatic carbocycles. The average Bonchev–Trinajstić information content (AvgIpc) is 2.30. The van der Waals surface area contributed by atoms with Crippen LogP contribution in [0.25, 0.3) is 6.08 Å². The second-order valence-corrected chi connectivity index (χ2v) is 2.67. The third-order valence-electron chi connectivity index (χ3n) is 1.68. The Kier molecular flexibility index (Phi) is 6.43. The first-order valence-electron chi connectivity index (χ1n) is 4.98. The van der Waals surface area contributed by atoms with E-state index in [4.69, 9.17) is 15.6 Å². The predicted molar refractivity (Wildman–Crippen MR) is 65.4 cm³/mol. The zero-order valence-electron chi connectivity index (χ0n) is 9.73. The number of hydrogen-bond acceptors (Lipinski definition) is 3. The molecule has 0 aliphatic rings. The highest BCUT2D eigenvalue weighted by Crippen LogP contribution is 2.22. The van der Waals surface area contributed by atoms with Crippen LogP contribution >= 0.6 is 0 Å². The molecule has 0 spiro atoms. The lowest BCUT2D eigenvalue weighted by molar-refractivity contribution is -0.131. The van der Waals surface area contributed by atoms with Gasteiger partial charge in [-0.15, -0.1) is 0 Å². The maximum atomic E-state index is 10.3. The molecule has 0 unspecified atom stereocenters. The van der Waals surface area contributed by atoms with Gasteiger partial charge in [-0.2, -0.15) is 0 Å². The maximum Gasteiger partial charge on any atom is 0.328 e. The lowest BCUT2D eigenvalue weighted by Crippen LogP contribution is -1.92. The summed E-state index contributed by atoms with van der Waals surface area (Å²) >= 11 is 0. The largest absolute Gasteiger partial charge is 0.495 e.